The number of hydrogen-bond acceptors (Lipinski definition) is 5. The van der Waals surface area contributed by atoms with Gasteiger partial charge in [-0.05, 0) is 35.7 Å². The first kappa shape index (κ1) is 13.4. The third kappa shape index (κ3) is 2.18. The molecule has 4 rings (SSSR count). The van der Waals surface area contributed by atoms with E-state index in [1.165, 1.54) is 27.3 Å². The van der Waals surface area contributed by atoms with Gasteiger partial charge in [-0.3, -0.25) is 0 Å². The lowest BCUT2D eigenvalue weighted by molar-refractivity contribution is 0.394. The van der Waals surface area contributed by atoms with Crippen LogP contribution in [-0.4, -0.2) is 16.0 Å². The zero-order valence-corrected chi connectivity index (χ0v) is 13.2. The van der Waals surface area contributed by atoms with Crippen LogP contribution >= 0.6 is 11.8 Å². The van der Waals surface area contributed by atoms with Gasteiger partial charge in [0.2, 0.25) is 11.7 Å². The lowest BCUT2D eigenvalue weighted by Crippen LogP contribution is -1.91. The summed E-state index contributed by atoms with van der Waals surface area (Å²) in [6.07, 6.45) is 0. The molecule has 1 N–H and O–H groups in total. The third-order valence-corrected chi connectivity index (χ3v) is 4.82. The van der Waals surface area contributed by atoms with Gasteiger partial charge in [-0.2, -0.15) is 4.98 Å². The fraction of sp³-hybridized carbons (Fsp3) is 0.176. The quantitative estimate of drug-likeness (QED) is 0.755. The smallest absolute Gasteiger partial charge is 0.223 e. The molecule has 3 aromatic rings. The van der Waals surface area contributed by atoms with Crippen LogP contribution in [0.15, 0.2) is 45.8 Å². The van der Waals surface area contributed by atoms with E-state index in [1.807, 2.05) is 23.9 Å². The van der Waals surface area contributed by atoms with Crippen molar-refractivity contribution in [2.45, 2.75) is 18.7 Å². The van der Waals surface area contributed by atoms with Gasteiger partial charge < -0.3 is 9.84 Å². The Hall–Kier alpha value is -2.27. The molecule has 0 amide bonds. The van der Waals surface area contributed by atoms with Crippen LogP contribution < -0.4 is 5.32 Å². The molecule has 1 aliphatic heterocycles. The third-order valence-electron chi connectivity index (χ3n) is 3.89. The molecule has 2 heterocycles. The summed E-state index contributed by atoms with van der Waals surface area (Å²) >= 11 is 1.84. The van der Waals surface area contributed by atoms with Crippen molar-refractivity contribution in [3.63, 3.8) is 0 Å². The molecule has 0 atom stereocenters. The number of benzene rings is 2. The van der Waals surface area contributed by atoms with Crippen molar-refractivity contribution in [2.24, 2.45) is 0 Å². The topological polar surface area (TPSA) is 51.0 Å². The molecule has 1 aromatic heterocycles. The average molecular weight is 309 g/mol. The fourth-order valence-electron chi connectivity index (χ4n) is 2.75. The number of fused-ring (bicyclic) bond motifs is 1. The number of thioether (sulfide) groups is 1. The van der Waals surface area contributed by atoms with Crippen molar-refractivity contribution >= 4 is 17.4 Å². The molecule has 0 radical (unpaired) electrons. The summed E-state index contributed by atoms with van der Waals surface area (Å²) in [5.74, 6) is 2.17. The predicted molar refractivity (Wildman–Crippen MR) is 89.0 cm³/mol. The molecule has 5 heteroatoms. The van der Waals surface area contributed by atoms with E-state index in [0.29, 0.717) is 11.7 Å². The Balaban J connectivity index is 1.83. The van der Waals surface area contributed by atoms with E-state index in [2.05, 4.69) is 46.6 Å². The van der Waals surface area contributed by atoms with E-state index >= 15 is 0 Å². The first-order valence-electron chi connectivity index (χ1n) is 7.14. The molecule has 0 unspecified atom stereocenters. The highest BCUT2D eigenvalue weighted by Gasteiger charge is 2.15. The highest BCUT2D eigenvalue weighted by atomic mass is 32.2. The number of nitrogens with zero attached hydrogens (tertiary/aromatic N) is 2. The van der Waals surface area contributed by atoms with Gasteiger partial charge >= 0.3 is 0 Å². The van der Waals surface area contributed by atoms with Gasteiger partial charge in [-0.25, -0.2) is 0 Å². The maximum absolute atomic E-state index is 5.11. The average Bonchev–Trinajstić information content (AvgIpc) is 3.15. The highest BCUT2D eigenvalue weighted by molar-refractivity contribution is 7.99. The summed E-state index contributed by atoms with van der Waals surface area (Å²) in [5, 5.41) is 7.40. The van der Waals surface area contributed by atoms with Crippen molar-refractivity contribution in [3.05, 3.63) is 47.9 Å². The summed E-state index contributed by atoms with van der Waals surface area (Å²) in [6, 6.07) is 12.8. The van der Waals surface area contributed by atoms with Crippen LogP contribution in [0.4, 0.5) is 5.69 Å². The van der Waals surface area contributed by atoms with Crippen LogP contribution in [-0.2, 0) is 0 Å². The van der Waals surface area contributed by atoms with Gasteiger partial charge in [0.1, 0.15) is 0 Å². The highest BCUT2D eigenvalue weighted by Crippen LogP contribution is 2.38. The number of aromatic nitrogens is 2. The Morgan fingerprint density at radius 2 is 2.00 bits per heavy atom. The molecule has 22 heavy (non-hydrogen) atoms. The second-order valence-electron chi connectivity index (χ2n) is 5.29. The van der Waals surface area contributed by atoms with Crippen LogP contribution in [0, 0.1) is 13.8 Å². The van der Waals surface area contributed by atoms with E-state index in [1.54, 1.807) is 6.92 Å². The monoisotopic (exact) mass is 309 g/mol. The van der Waals surface area contributed by atoms with Crippen LogP contribution in [0.25, 0.3) is 22.5 Å². The van der Waals surface area contributed by atoms with Gasteiger partial charge in [0.25, 0.3) is 0 Å². The molecular weight excluding hydrogens is 294 g/mol. The summed E-state index contributed by atoms with van der Waals surface area (Å²) in [6.45, 7) is 3.91. The Morgan fingerprint density at radius 1 is 1.14 bits per heavy atom. The Labute approximate surface area is 132 Å². The Kier molecular flexibility index (Phi) is 3.15. The molecule has 4 nitrogen and oxygen atoms in total. The van der Waals surface area contributed by atoms with Crippen LogP contribution in [0.3, 0.4) is 0 Å². The maximum atomic E-state index is 5.11. The van der Waals surface area contributed by atoms with Crippen molar-refractivity contribution in [2.75, 3.05) is 11.2 Å². The molecule has 0 aliphatic carbocycles. The van der Waals surface area contributed by atoms with E-state index in [0.717, 1.165) is 11.4 Å². The minimum atomic E-state index is 0.583. The van der Waals surface area contributed by atoms with E-state index < -0.39 is 0 Å². The molecule has 0 fully saturated rings. The molecule has 2 aromatic carbocycles. The van der Waals surface area contributed by atoms with E-state index in [9.17, 15) is 0 Å². The predicted octanol–water partition coefficient (Wildman–Crippen LogP) is 4.50. The van der Waals surface area contributed by atoms with Gasteiger partial charge in [0.15, 0.2) is 0 Å². The van der Waals surface area contributed by atoms with Crippen molar-refractivity contribution in [1.29, 1.82) is 0 Å². The molecule has 0 saturated carbocycles. The van der Waals surface area contributed by atoms with Crippen molar-refractivity contribution < 1.29 is 4.52 Å². The molecule has 0 saturated heterocycles. The second-order valence-corrected chi connectivity index (χ2v) is 6.31. The minimum absolute atomic E-state index is 0.583. The van der Waals surface area contributed by atoms with Crippen LogP contribution in [0.1, 0.15) is 11.5 Å². The molecular formula is C17H15N3OS. The first-order valence-corrected chi connectivity index (χ1v) is 8.12. The number of anilines is 1. The van der Waals surface area contributed by atoms with Crippen molar-refractivity contribution in [3.8, 4) is 22.5 Å². The van der Waals surface area contributed by atoms with Gasteiger partial charge in [-0.1, -0.05) is 29.4 Å². The van der Waals surface area contributed by atoms with Crippen LogP contribution in [0.5, 0.6) is 0 Å². The summed E-state index contributed by atoms with van der Waals surface area (Å²) in [4.78, 5) is 5.65. The number of aryl methyl sites for hydroxylation is 1. The summed E-state index contributed by atoms with van der Waals surface area (Å²) in [5.41, 5.74) is 5.82. The largest absolute Gasteiger partial charge is 0.375 e. The Morgan fingerprint density at radius 3 is 2.82 bits per heavy atom. The normalized spacial score (nSPS) is 13.0. The Bertz CT molecular complexity index is 857. The zero-order chi connectivity index (χ0) is 15.1. The molecule has 1 aliphatic rings. The SMILES string of the molecule is Cc1nc(-c2cccc(-c3ccc4c(c3)SCN4)c2C)no1. The lowest BCUT2D eigenvalue weighted by Gasteiger charge is -2.10. The zero-order valence-electron chi connectivity index (χ0n) is 12.4. The van der Waals surface area contributed by atoms with Gasteiger partial charge in [0, 0.05) is 23.1 Å². The van der Waals surface area contributed by atoms with Gasteiger partial charge in [-0.15, -0.1) is 11.8 Å². The molecule has 110 valence electrons. The molecule has 0 bridgehead atoms. The first-order chi connectivity index (χ1) is 10.7. The van der Waals surface area contributed by atoms with Gasteiger partial charge in [0.05, 0.1) is 5.88 Å². The van der Waals surface area contributed by atoms with E-state index in [4.69, 9.17) is 4.52 Å². The second kappa shape index (κ2) is 5.18. The lowest BCUT2D eigenvalue weighted by atomic mass is 9.96. The van der Waals surface area contributed by atoms with Crippen LogP contribution in [0.2, 0.25) is 0 Å². The number of hydrogen-bond donors (Lipinski definition) is 1. The van der Waals surface area contributed by atoms with Crippen molar-refractivity contribution in [1.82, 2.24) is 10.1 Å². The number of rotatable bonds is 2. The summed E-state index contributed by atoms with van der Waals surface area (Å²) in [7, 11) is 0. The summed E-state index contributed by atoms with van der Waals surface area (Å²) < 4.78 is 5.11. The maximum Gasteiger partial charge on any atom is 0.223 e. The fourth-order valence-corrected chi connectivity index (χ4v) is 3.64. The standard InChI is InChI=1S/C17H15N3OS/c1-10-13(12-6-7-15-16(8-12)22-9-18-15)4-3-5-14(10)17-19-11(2)21-20-17/h3-8,18H,9H2,1-2H3. The van der Waals surface area contributed by atoms with E-state index in [-0.39, 0.29) is 0 Å². The minimum Gasteiger partial charge on any atom is -0.375 e. The molecule has 0 spiro atoms. The number of nitrogens with one attached hydrogen (secondary N) is 1.